The maximum Gasteiger partial charge on any atom is 0.339 e. The molecule has 28 heavy (non-hydrogen) atoms. The third kappa shape index (κ3) is 4.07. The first-order valence-corrected chi connectivity index (χ1v) is 9.15. The van der Waals surface area contributed by atoms with E-state index >= 15 is 0 Å². The van der Waals surface area contributed by atoms with Crippen LogP contribution >= 0.6 is 0 Å². The zero-order valence-electron chi connectivity index (χ0n) is 15.9. The van der Waals surface area contributed by atoms with Gasteiger partial charge in [0.1, 0.15) is 11.3 Å². The molecule has 146 valence electrons. The molecule has 0 aliphatic heterocycles. The molecular formula is C22H23NO5. The van der Waals surface area contributed by atoms with Gasteiger partial charge >= 0.3 is 5.63 Å². The van der Waals surface area contributed by atoms with E-state index in [2.05, 4.69) is 5.32 Å². The number of carbonyl (C=O) groups is 1. The normalized spacial score (nSPS) is 11.0. The maximum absolute atomic E-state index is 12.4. The van der Waals surface area contributed by atoms with Crippen LogP contribution in [0.3, 0.4) is 0 Å². The van der Waals surface area contributed by atoms with Gasteiger partial charge in [-0.05, 0) is 62.1 Å². The van der Waals surface area contributed by atoms with Gasteiger partial charge in [0, 0.05) is 35.2 Å². The van der Waals surface area contributed by atoms with E-state index in [0.29, 0.717) is 28.8 Å². The summed E-state index contributed by atoms with van der Waals surface area (Å²) >= 11 is 0. The topological polar surface area (TPSA) is 99.8 Å². The number of hydrogen-bond donors (Lipinski definition) is 3. The number of benzene rings is 2. The molecule has 1 amide bonds. The minimum atomic E-state index is -0.486. The smallest absolute Gasteiger partial charge is 0.339 e. The van der Waals surface area contributed by atoms with Gasteiger partial charge in [-0.25, -0.2) is 4.79 Å². The minimum Gasteiger partial charge on any atom is -0.508 e. The fourth-order valence-electron chi connectivity index (χ4n) is 3.21. The Morgan fingerprint density at radius 2 is 1.75 bits per heavy atom. The van der Waals surface area contributed by atoms with Gasteiger partial charge in [-0.1, -0.05) is 12.1 Å². The number of carbonyl (C=O) groups excluding carboxylic acids is 1. The zero-order chi connectivity index (χ0) is 20.3. The Morgan fingerprint density at radius 3 is 2.43 bits per heavy atom. The Morgan fingerprint density at radius 1 is 1.04 bits per heavy atom. The zero-order valence-corrected chi connectivity index (χ0v) is 15.9. The number of amides is 1. The number of phenols is 1. The largest absolute Gasteiger partial charge is 0.508 e. The first-order valence-electron chi connectivity index (χ1n) is 9.15. The number of aromatic hydroxyl groups is 1. The summed E-state index contributed by atoms with van der Waals surface area (Å²) in [7, 11) is 0. The van der Waals surface area contributed by atoms with Gasteiger partial charge in [-0.3, -0.25) is 4.79 Å². The third-order valence-corrected chi connectivity index (χ3v) is 4.92. The number of aryl methyl sites for hydroxylation is 2. The van der Waals surface area contributed by atoms with Crippen molar-refractivity contribution in [1.29, 1.82) is 0 Å². The highest BCUT2D eigenvalue weighted by molar-refractivity contribution is 5.91. The first-order chi connectivity index (χ1) is 13.4. The number of phenolic OH excluding ortho intramolecular Hbond substituents is 1. The first kappa shape index (κ1) is 19.6. The van der Waals surface area contributed by atoms with Crippen molar-refractivity contribution in [1.82, 2.24) is 0 Å². The summed E-state index contributed by atoms with van der Waals surface area (Å²) in [4.78, 5) is 24.7. The van der Waals surface area contributed by atoms with Crippen LogP contribution in [0.5, 0.6) is 5.75 Å². The van der Waals surface area contributed by atoms with Gasteiger partial charge in [-0.15, -0.1) is 0 Å². The van der Waals surface area contributed by atoms with Crippen molar-refractivity contribution in [2.24, 2.45) is 0 Å². The molecule has 0 aliphatic rings. The SMILES string of the molecule is Cc1c(CCC(=O)Nc2ccc(CCO)cc2)c(=O)oc2c(C)c(O)ccc12. The van der Waals surface area contributed by atoms with Gasteiger partial charge in [0.15, 0.2) is 0 Å². The molecule has 0 saturated carbocycles. The Kier molecular flexibility index (Phi) is 5.80. The van der Waals surface area contributed by atoms with Crippen LogP contribution in [0.1, 0.15) is 28.7 Å². The summed E-state index contributed by atoms with van der Waals surface area (Å²) in [6.07, 6.45) is 0.980. The second kappa shape index (κ2) is 8.27. The van der Waals surface area contributed by atoms with Crippen molar-refractivity contribution < 1.29 is 19.4 Å². The average molecular weight is 381 g/mol. The summed E-state index contributed by atoms with van der Waals surface area (Å²) in [6, 6.07) is 10.6. The molecule has 0 unspecified atom stereocenters. The van der Waals surface area contributed by atoms with E-state index in [1.165, 1.54) is 0 Å². The molecule has 0 saturated heterocycles. The molecule has 3 N–H and O–H groups in total. The molecule has 6 heteroatoms. The quantitative estimate of drug-likeness (QED) is 0.569. The molecule has 3 aromatic rings. The summed E-state index contributed by atoms with van der Waals surface area (Å²) in [5, 5.41) is 22.3. The lowest BCUT2D eigenvalue weighted by molar-refractivity contribution is -0.116. The van der Waals surface area contributed by atoms with Gasteiger partial charge in [0.25, 0.3) is 0 Å². The number of rotatable bonds is 6. The second-order valence-electron chi connectivity index (χ2n) is 6.80. The fourth-order valence-corrected chi connectivity index (χ4v) is 3.21. The van der Waals surface area contributed by atoms with Gasteiger partial charge in [-0.2, -0.15) is 0 Å². The summed E-state index contributed by atoms with van der Waals surface area (Å²) < 4.78 is 5.40. The predicted octanol–water partition coefficient (Wildman–Crippen LogP) is 3.22. The van der Waals surface area contributed by atoms with Crippen LogP contribution in [0.15, 0.2) is 45.6 Å². The lowest BCUT2D eigenvalue weighted by atomic mass is 10.0. The Balaban J connectivity index is 1.73. The summed E-state index contributed by atoms with van der Waals surface area (Å²) in [6.45, 7) is 3.60. The summed E-state index contributed by atoms with van der Waals surface area (Å²) in [5.74, 6) is -0.122. The fraction of sp³-hybridized carbons (Fsp3) is 0.273. The number of hydrogen-bond acceptors (Lipinski definition) is 5. The maximum atomic E-state index is 12.4. The van der Waals surface area contributed by atoms with Gasteiger partial charge in [0.2, 0.25) is 5.91 Å². The predicted molar refractivity (Wildman–Crippen MR) is 108 cm³/mol. The van der Waals surface area contributed by atoms with Crippen LogP contribution in [0, 0.1) is 13.8 Å². The van der Waals surface area contributed by atoms with Crippen LogP contribution in [-0.4, -0.2) is 22.7 Å². The van der Waals surface area contributed by atoms with Crippen LogP contribution in [0.4, 0.5) is 5.69 Å². The Labute approximate surface area is 162 Å². The molecule has 0 radical (unpaired) electrons. The molecule has 1 heterocycles. The van der Waals surface area contributed by atoms with Crippen molar-refractivity contribution in [3.05, 3.63) is 69.1 Å². The van der Waals surface area contributed by atoms with E-state index in [1.807, 2.05) is 19.1 Å². The monoisotopic (exact) mass is 381 g/mol. The van der Waals surface area contributed by atoms with Crippen molar-refractivity contribution >= 4 is 22.6 Å². The minimum absolute atomic E-state index is 0.0761. The number of aliphatic hydroxyl groups is 1. The lowest BCUT2D eigenvalue weighted by Crippen LogP contribution is -2.16. The molecule has 0 atom stereocenters. The van der Waals surface area contributed by atoms with Crippen LogP contribution in [0.25, 0.3) is 11.0 Å². The molecule has 0 spiro atoms. The second-order valence-corrected chi connectivity index (χ2v) is 6.80. The average Bonchev–Trinajstić information content (AvgIpc) is 2.67. The molecule has 0 bridgehead atoms. The van der Waals surface area contributed by atoms with E-state index in [-0.39, 0.29) is 31.1 Å². The number of aliphatic hydroxyl groups excluding tert-OH is 1. The number of anilines is 1. The van der Waals surface area contributed by atoms with Gasteiger partial charge < -0.3 is 19.9 Å². The van der Waals surface area contributed by atoms with E-state index in [9.17, 15) is 14.7 Å². The summed E-state index contributed by atoms with van der Waals surface area (Å²) in [5.41, 5.74) is 3.29. The van der Waals surface area contributed by atoms with E-state index in [4.69, 9.17) is 9.52 Å². The van der Waals surface area contributed by atoms with Gasteiger partial charge in [0.05, 0.1) is 0 Å². The number of nitrogens with one attached hydrogen (secondary N) is 1. The molecule has 2 aromatic carbocycles. The third-order valence-electron chi connectivity index (χ3n) is 4.92. The van der Waals surface area contributed by atoms with E-state index in [0.717, 1.165) is 16.5 Å². The van der Waals surface area contributed by atoms with Crippen molar-refractivity contribution in [3.63, 3.8) is 0 Å². The van der Waals surface area contributed by atoms with Crippen molar-refractivity contribution in [2.75, 3.05) is 11.9 Å². The Hall–Kier alpha value is -3.12. The lowest BCUT2D eigenvalue weighted by Gasteiger charge is -2.10. The van der Waals surface area contributed by atoms with E-state index < -0.39 is 5.63 Å². The highest BCUT2D eigenvalue weighted by Gasteiger charge is 2.15. The molecule has 6 nitrogen and oxygen atoms in total. The van der Waals surface area contributed by atoms with Crippen molar-refractivity contribution in [2.45, 2.75) is 33.1 Å². The molecule has 0 aliphatic carbocycles. The molecular weight excluding hydrogens is 358 g/mol. The molecule has 1 aromatic heterocycles. The van der Waals surface area contributed by atoms with Crippen molar-refractivity contribution in [3.8, 4) is 5.75 Å². The van der Waals surface area contributed by atoms with E-state index in [1.54, 1.807) is 31.2 Å². The highest BCUT2D eigenvalue weighted by Crippen LogP contribution is 2.28. The molecule has 0 fully saturated rings. The highest BCUT2D eigenvalue weighted by atomic mass is 16.4. The van der Waals surface area contributed by atoms with Crippen LogP contribution < -0.4 is 10.9 Å². The van der Waals surface area contributed by atoms with Crippen LogP contribution in [-0.2, 0) is 17.6 Å². The van der Waals surface area contributed by atoms with Crippen LogP contribution in [0.2, 0.25) is 0 Å². The molecule has 3 rings (SSSR count). The number of fused-ring (bicyclic) bond motifs is 1. The Bertz CT molecular complexity index is 1070. The standard InChI is InChI=1S/C22H23NO5/c1-13-17-7-9-19(25)14(2)21(17)28-22(27)18(13)8-10-20(26)23-16-5-3-15(4-6-16)11-12-24/h3-7,9,24-25H,8,10-12H2,1-2H3,(H,23,26).